The molecule has 0 aliphatic carbocycles. The van der Waals surface area contributed by atoms with Gasteiger partial charge in [-0.1, -0.05) is 6.08 Å². The molecule has 0 radical (unpaired) electrons. The normalized spacial score (nSPS) is 11.5. The summed E-state index contributed by atoms with van der Waals surface area (Å²) in [6.07, 6.45) is 1.83. The summed E-state index contributed by atoms with van der Waals surface area (Å²) < 4.78 is 10.7. The van der Waals surface area contributed by atoms with E-state index in [9.17, 15) is 0 Å². The van der Waals surface area contributed by atoms with E-state index in [1.165, 1.54) is 0 Å². The standard InChI is InChI=1S/C7H17NO2Si/c1-4-6-11(9-2,10-3)7-5-8/h4H,1,5-8H2,2-3H3. The number of rotatable bonds is 6. The Hall–Kier alpha value is -0.163. The molecule has 0 atom stereocenters. The summed E-state index contributed by atoms with van der Waals surface area (Å²) in [6, 6.07) is 1.63. The molecule has 66 valence electrons. The second-order valence-electron chi connectivity index (χ2n) is 2.35. The van der Waals surface area contributed by atoms with E-state index in [1.807, 2.05) is 6.08 Å². The van der Waals surface area contributed by atoms with Crippen LogP contribution in [0.2, 0.25) is 12.1 Å². The molecule has 0 amide bonds. The summed E-state index contributed by atoms with van der Waals surface area (Å²) in [4.78, 5) is 0. The molecule has 4 heteroatoms. The third-order valence-corrected chi connectivity index (χ3v) is 5.17. The Morgan fingerprint density at radius 3 is 2.27 bits per heavy atom. The van der Waals surface area contributed by atoms with Crippen molar-refractivity contribution in [3.8, 4) is 0 Å². The Morgan fingerprint density at radius 1 is 1.45 bits per heavy atom. The number of allylic oxidation sites excluding steroid dienone is 1. The molecule has 0 fully saturated rings. The third-order valence-electron chi connectivity index (χ3n) is 1.72. The molecular weight excluding hydrogens is 158 g/mol. The Labute approximate surface area is 69.4 Å². The van der Waals surface area contributed by atoms with E-state index in [2.05, 4.69) is 6.58 Å². The van der Waals surface area contributed by atoms with Gasteiger partial charge in [-0.25, -0.2) is 0 Å². The number of nitrogens with two attached hydrogens (primary N) is 1. The van der Waals surface area contributed by atoms with E-state index in [1.54, 1.807) is 14.2 Å². The van der Waals surface area contributed by atoms with Crippen LogP contribution >= 0.6 is 0 Å². The molecule has 0 unspecified atom stereocenters. The minimum atomic E-state index is -1.99. The Kier molecular flexibility index (Phi) is 5.40. The van der Waals surface area contributed by atoms with Gasteiger partial charge >= 0.3 is 8.56 Å². The minimum Gasteiger partial charge on any atom is -0.397 e. The van der Waals surface area contributed by atoms with Crippen LogP contribution in [0, 0.1) is 0 Å². The molecule has 0 rings (SSSR count). The highest BCUT2D eigenvalue weighted by atomic mass is 28.4. The first kappa shape index (κ1) is 10.8. The average Bonchev–Trinajstić information content (AvgIpc) is 2.04. The number of hydrogen-bond acceptors (Lipinski definition) is 3. The molecule has 0 aliphatic rings. The van der Waals surface area contributed by atoms with Crippen molar-refractivity contribution in [2.75, 3.05) is 20.8 Å². The van der Waals surface area contributed by atoms with Crippen LogP contribution in [-0.4, -0.2) is 29.3 Å². The van der Waals surface area contributed by atoms with Gasteiger partial charge in [-0.3, -0.25) is 0 Å². The topological polar surface area (TPSA) is 44.5 Å². The van der Waals surface area contributed by atoms with Gasteiger partial charge in [-0.2, -0.15) is 0 Å². The van der Waals surface area contributed by atoms with Crippen molar-refractivity contribution < 1.29 is 8.85 Å². The Bertz CT molecular complexity index is 115. The molecule has 0 spiro atoms. The molecule has 11 heavy (non-hydrogen) atoms. The van der Waals surface area contributed by atoms with E-state index in [4.69, 9.17) is 14.6 Å². The first-order valence-electron chi connectivity index (χ1n) is 3.66. The quantitative estimate of drug-likeness (QED) is 0.481. The van der Waals surface area contributed by atoms with Crippen LogP contribution in [0.25, 0.3) is 0 Å². The summed E-state index contributed by atoms with van der Waals surface area (Å²) in [5.41, 5.74) is 5.44. The summed E-state index contributed by atoms with van der Waals surface area (Å²) >= 11 is 0. The average molecular weight is 175 g/mol. The van der Waals surface area contributed by atoms with Gasteiger partial charge in [0.05, 0.1) is 0 Å². The van der Waals surface area contributed by atoms with Gasteiger partial charge in [0.2, 0.25) is 0 Å². The van der Waals surface area contributed by atoms with Gasteiger partial charge in [0.1, 0.15) is 0 Å². The Morgan fingerprint density at radius 2 is 2.00 bits per heavy atom. The predicted molar refractivity (Wildman–Crippen MR) is 48.6 cm³/mol. The monoisotopic (exact) mass is 175 g/mol. The fourth-order valence-electron chi connectivity index (χ4n) is 0.996. The smallest absolute Gasteiger partial charge is 0.342 e. The van der Waals surface area contributed by atoms with E-state index in [-0.39, 0.29) is 0 Å². The fourth-order valence-corrected chi connectivity index (χ4v) is 2.99. The molecule has 0 saturated heterocycles. The van der Waals surface area contributed by atoms with Gasteiger partial charge in [-0.05, 0) is 6.54 Å². The van der Waals surface area contributed by atoms with E-state index in [0.717, 1.165) is 12.1 Å². The molecule has 2 N–H and O–H groups in total. The summed E-state index contributed by atoms with van der Waals surface area (Å²) in [5.74, 6) is 0. The maximum absolute atomic E-state index is 5.44. The van der Waals surface area contributed by atoms with Crippen molar-refractivity contribution in [1.29, 1.82) is 0 Å². The third kappa shape index (κ3) is 3.16. The molecule has 0 heterocycles. The lowest BCUT2D eigenvalue weighted by Crippen LogP contribution is -2.41. The molecule has 3 nitrogen and oxygen atoms in total. The van der Waals surface area contributed by atoms with Crippen molar-refractivity contribution >= 4 is 8.56 Å². The molecular formula is C7H17NO2Si. The largest absolute Gasteiger partial charge is 0.397 e. The van der Waals surface area contributed by atoms with Crippen LogP contribution in [0.3, 0.4) is 0 Å². The highest BCUT2D eigenvalue weighted by Gasteiger charge is 2.32. The van der Waals surface area contributed by atoms with Crippen LogP contribution < -0.4 is 5.73 Å². The van der Waals surface area contributed by atoms with Gasteiger partial charge < -0.3 is 14.6 Å². The number of hydrogen-bond donors (Lipinski definition) is 1. The zero-order valence-corrected chi connectivity index (χ0v) is 8.30. The fraction of sp³-hybridized carbons (Fsp3) is 0.714. The van der Waals surface area contributed by atoms with Crippen LogP contribution in [0.4, 0.5) is 0 Å². The molecule has 0 aliphatic heterocycles. The van der Waals surface area contributed by atoms with E-state index in [0.29, 0.717) is 6.54 Å². The maximum Gasteiger partial charge on any atom is 0.342 e. The lowest BCUT2D eigenvalue weighted by Gasteiger charge is -2.25. The molecule has 0 saturated carbocycles. The van der Waals surface area contributed by atoms with E-state index < -0.39 is 8.56 Å². The molecule has 0 aromatic heterocycles. The van der Waals surface area contributed by atoms with Crippen LogP contribution in [0.15, 0.2) is 12.7 Å². The molecule has 0 aromatic rings. The summed E-state index contributed by atoms with van der Waals surface area (Å²) in [5, 5.41) is 0. The van der Waals surface area contributed by atoms with Crippen molar-refractivity contribution in [3.05, 3.63) is 12.7 Å². The lowest BCUT2D eigenvalue weighted by atomic mass is 10.8. The minimum absolute atomic E-state index is 0.613. The molecule has 0 bridgehead atoms. The van der Waals surface area contributed by atoms with Crippen molar-refractivity contribution in [2.24, 2.45) is 5.73 Å². The van der Waals surface area contributed by atoms with Crippen molar-refractivity contribution in [1.82, 2.24) is 0 Å². The van der Waals surface area contributed by atoms with Crippen LogP contribution in [-0.2, 0) is 8.85 Å². The van der Waals surface area contributed by atoms with Gasteiger partial charge in [-0.15, -0.1) is 6.58 Å². The zero-order valence-electron chi connectivity index (χ0n) is 7.30. The zero-order chi connectivity index (χ0) is 8.74. The van der Waals surface area contributed by atoms with Crippen molar-refractivity contribution in [3.63, 3.8) is 0 Å². The van der Waals surface area contributed by atoms with Crippen LogP contribution in [0.1, 0.15) is 0 Å². The highest BCUT2D eigenvalue weighted by molar-refractivity contribution is 6.67. The van der Waals surface area contributed by atoms with E-state index >= 15 is 0 Å². The summed E-state index contributed by atoms with van der Waals surface area (Å²) in [7, 11) is 1.36. The van der Waals surface area contributed by atoms with Gasteiger partial charge in [0.25, 0.3) is 0 Å². The first-order chi connectivity index (χ1) is 5.24. The second-order valence-corrected chi connectivity index (χ2v) is 5.90. The lowest BCUT2D eigenvalue weighted by molar-refractivity contribution is 0.245. The molecule has 0 aromatic carbocycles. The SMILES string of the molecule is C=CC[Si](CCN)(OC)OC. The first-order valence-corrected chi connectivity index (χ1v) is 5.89. The van der Waals surface area contributed by atoms with Gasteiger partial charge in [0, 0.05) is 26.3 Å². The maximum atomic E-state index is 5.44. The predicted octanol–water partition coefficient (Wildman–Crippen LogP) is 0.866. The van der Waals surface area contributed by atoms with Crippen molar-refractivity contribution in [2.45, 2.75) is 12.1 Å². The van der Waals surface area contributed by atoms with Crippen LogP contribution in [0.5, 0.6) is 0 Å². The van der Waals surface area contributed by atoms with Gasteiger partial charge in [0.15, 0.2) is 0 Å². The summed E-state index contributed by atoms with van der Waals surface area (Å²) in [6.45, 7) is 4.27. The second kappa shape index (κ2) is 5.48. The highest BCUT2D eigenvalue weighted by Crippen LogP contribution is 2.16. The Balaban J connectivity index is 4.06.